The predicted octanol–water partition coefficient (Wildman–Crippen LogP) is 1.09. The normalized spacial score (nSPS) is 19.8. The van der Waals surface area contributed by atoms with E-state index in [4.69, 9.17) is 5.26 Å². The lowest BCUT2D eigenvalue weighted by molar-refractivity contribution is 0.0126. The molecule has 1 N–H and O–H groups in total. The minimum atomic E-state index is -3.57. The molecule has 1 aliphatic rings. The topological polar surface area (TPSA) is 81.4 Å². The molecule has 1 heterocycles. The highest BCUT2D eigenvalue weighted by atomic mass is 32.2. The van der Waals surface area contributed by atoms with E-state index in [2.05, 4.69) is 0 Å². The van der Waals surface area contributed by atoms with Crippen molar-refractivity contribution in [3.63, 3.8) is 0 Å². The van der Waals surface area contributed by atoms with Gasteiger partial charge in [-0.15, -0.1) is 0 Å². The third-order valence-electron chi connectivity index (χ3n) is 3.40. The van der Waals surface area contributed by atoms with Gasteiger partial charge in [-0.05, 0) is 38.0 Å². The van der Waals surface area contributed by atoms with Crippen molar-refractivity contribution in [2.45, 2.75) is 30.3 Å². The molecule has 1 fully saturated rings. The second-order valence-corrected chi connectivity index (χ2v) is 6.98. The largest absolute Gasteiger partial charge is 0.390 e. The number of aliphatic hydroxyl groups is 1. The smallest absolute Gasteiger partial charge is 0.243 e. The molecule has 102 valence electrons. The van der Waals surface area contributed by atoms with Gasteiger partial charge in [0.1, 0.15) is 0 Å². The number of hydrogen-bond donors (Lipinski definition) is 1. The maximum atomic E-state index is 12.4. The first kappa shape index (κ1) is 14.0. The molecule has 1 aliphatic heterocycles. The van der Waals surface area contributed by atoms with Crippen molar-refractivity contribution in [3.05, 3.63) is 29.8 Å². The van der Waals surface area contributed by atoms with Gasteiger partial charge in [-0.1, -0.05) is 6.07 Å². The molecule has 0 aromatic heterocycles. The summed E-state index contributed by atoms with van der Waals surface area (Å²) in [7, 11) is -3.57. The molecule has 19 heavy (non-hydrogen) atoms. The minimum Gasteiger partial charge on any atom is -0.390 e. The molecule has 0 unspecified atom stereocenters. The van der Waals surface area contributed by atoms with Crippen molar-refractivity contribution in [1.29, 1.82) is 5.26 Å². The summed E-state index contributed by atoms with van der Waals surface area (Å²) in [5.41, 5.74) is -0.467. The first-order chi connectivity index (χ1) is 8.85. The summed E-state index contributed by atoms with van der Waals surface area (Å²) in [4.78, 5) is 0.132. The summed E-state index contributed by atoms with van der Waals surface area (Å²) < 4.78 is 26.2. The van der Waals surface area contributed by atoms with Crippen LogP contribution >= 0.6 is 0 Å². The average molecular weight is 280 g/mol. The monoisotopic (exact) mass is 280 g/mol. The van der Waals surface area contributed by atoms with E-state index in [1.54, 1.807) is 19.1 Å². The van der Waals surface area contributed by atoms with Gasteiger partial charge in [0.15, 0.2) is 0 Å². The molecule has 0 atom stereocenters. The third-order valence-corrected chi connectivity index (χ3v) is 5.30. The van der Waals surface area contributed by atoms with Crippen LogP contribution in [0.3, 0.4) is 0 Å². The second-order valence-electron chi connectivity index (χ2n) is 5.04. The lowest BCUT2D eigenvalue weighted by Crippen LogP contribution is -2.45. The first-order valence-electron chi connectivity index (χ1n) is 6.08. The summed E-state index contributed by atoms with van der Waals surface area (Å²) in [5.74, 6) is 0. The fourth-order valence-electron chi connectivity index (χ4n) is 2.08. The second kappa shape index (κ2) is 4.93. The molecule has 1 aromatic rings. The Morgan fingerprint density at radius 1 is 1.37 bits per heavy atom. The van der Waals surface area contributed by atoms with Crippen LogP contribution < -0.4 is 0 Å². The van der Waals surface area contributed by atoms with Crippen LogP contribution in [0, 0.1) is 11.3 Å². The quantitative estimate of drug-likeness (QED) is 0.879. The number of rotatable bonds is 2. The summed E-state index contributed by atoms with van der Waals surface area (Å²) in [5, 5.41) is 18.7. The summed E-state index contributed by atoms with van der Waals surface area (Å²) in [6.45, 7) is 2.31. The third kappa shape index (κ3) is 2.95. The van der Waals surface area contributed by atoms with E-state index in [1.165, 1.54) is 16.4 Å². The van der Waals surface area contributed by atoms with Crippen molar-refractivity contribution in [3.8, 4) is 6.07 Å². The van der Waals surface area contributed by atoms with Crippen LogP contribution in [-0.4, -0.2) is 36.5 Å². The standard InChI is InChI=1S/C13H16N2O3S/c1-13(16)5-7-15(8-6-13)19(17,18)12-4-2-3-11(9-12)10-14/h2-4,9,16H,5-8H2,1H3. The summed E-state index contributed by atoms with van der Waals surface area (Å²) in [6.07, 6.45) is 0.842. The van der Waals surface area contributed by atoms with Gasteiger partial charge in [0.2, 0.25) is 10.0 Å². The molecule has 0 aliphatic carbocycles. The summed E-state index contributed by atoms with van der Waals surface area (Å²) in [6, 6.07) is 7.93. The van der Waals surface area contributed by atoms with Crippen molar-refractivity contribution in [1.82, 2.24) is 4.31 Å². The van der Waals surface area contributed by atoms with Gasteiger partial charge >= 0.3 is 0 Å². The Morgan fingerprint density at radius 2 is 2.00 bits per heavy atom. The molecule has 0 radical (unpaired) electrons. The number of hydrogen-bond acceptors (Lipinski definition) is 4. The molecule has 5 nitrogen and oxygen atoms in total. The maximum absolute atomic E-state index is 12.4. The fraction of sp³-hybridized carbons (Fsp3) is 0.462. The first-order valence-corrected chi connectivity index (χ1v) is 7.52. The Labute approximate surface area is 113 Å². The van der Waals surface area contributed by atoms with E-state index in [9.17, 15) is 13.5 Å². The highest BCUT2D eigenvalue weighted by molar-refractivity contribution is 7.89. The van der Waals surface area contributed by atoms with Gasteiger partial charge in [0.05, 0.1) is 22.1 Å². The summed E-state index contributed by atoms with van der Waals surface area (Å²) >= 11 is 0. The van der Waals surface area contributed by atoms with E-state index >= 15 is 0 Å². The van der Waals surface area contributed by atoms with E-state index in [-0.39, 0.29) is 4.90 Å². The average Bonchev–Trinajstić information content (AvgIpc) is 2.38. The molecule has 1 saturated heterocycles. The Balaban J connectivity index is 2.26. The van der Waals surface area contributed by atoms with Crippen molar-refractivity contribution in [2.75, 3.05) is 13.1 Å². The van der Waals surface area contributed by atoms with Gasteiger partial charge in [-0.25, -0.2) is 8.42 Å². The lowest BCUT2D eigenvalue weighted by atomic mass is 9.95. The van der Waals surface area contributed by atoms with Crippen molar-refractivity contribution < 1.29 is 13.5 Å². The van der Waals surface area contributed by atoms with Crippen LogP contribution in [0.5, 0.6) is 0 Å². The molecule has 0 amide bonds. The van der Waals surface area contributed by atoms with Crippen LogP contribution in [0.2, 0.25) is 0 Å². The zero-order chi connectivity index (χ0) is 14.1. The molecule has 0 saturated carbocycles. The number of sulfonamides is 1. The van der Waals surface area contributed by atoms with E-state index in [0.717, 1.165) is 0 Å². The lowest BCUT2D eigenvalue weighted by Gasteiger charge is -2.34. The highest BCUT2D eigenvalue weighted by Crippen LogP contribution is 2.26. The van der Waals surface area contributed by atoms with Gasteiger partial charge in [-0.3, -0.25) is 0 Å². The zero-order valence-electron chi connectivity index (χ0n) is 10.7. The Bertz CT molecular complexity index is 607. The van der Waals surface area contributed by atoms with E-state index in [1.807, 2.05) is 6.07 Å². The molecular weight excluding hydrogens is 264 g/mol. The maximum Gasteiger partial charge on any atom is 0.243 e. The highest BCUT2D eigenvalue weighted by Gasteiger charge is 2.33. The minimum absolute atomic E-state index is 0.132. The van der Waals surface area contributed by atoms with Crippen LogP contribution in [0.1, 0.15) is 25.3 Å². The fourth-order valence-corrected chi connectivity index (χ4v) is 3.57. The molecular formula is C13H16N2O3S. The van der Waals surface area contributed by atoms with Crippen LogP contribution in [0.15, 0.2) is 29.2 Å². The van der Waals surface area contributed by atoms with E-state index < -0.39 is 15.6 Å². The predicted molar refractivity (Wildman–Crippen MR) is 69.8 cm³/mol. The number of benzene rings is 1. The van der Waals surface area contributed by atoms with Gasteiger partial charge in [0.25, 0.3) is 0 Å². The molecule has 1 aromatic carbocycles. The molecule has 0 bridgehead atoms. The zero-order valence-corrected chi connectivity index (χ0v) is 11.5. The Kier molecular flexibility index (Phi) is 3.63. The number of piperidine rings is 1. The number of nitriles is 1. The molecule has 0 spiro atoms. The van der Waals surface area contributed by atoms with Crippen LogP contribution in [0.25, 0.3) is 0 Å². The van der Waals surface area contributed by atoms with Crippen LogP contribution in [0.4, 0.5) is 0 Å². The molecule has 6 heteroatoms. The van der Waals surface area contributed by atoms with Crippen LogP contribution in [-0.2, 0) is 10.0 Å². The Morgan fingerprint density at radius 3 is 2.58 bits per heavy atom. The van der Waals surface area contributed by atoms with Crippen molar-refractivity contribution in [2.24, 2.45) is 0 Å². The number of nitrogens with zero attached hydrogens (tertiary/aromatic N) is 2. The van der Waals surface area contributed by atoms with Gasteiger partial charge < -0.3 is 5.11 Å². The van der Waals surface area contributed by atoms with Gasteiger partial charge in [-0.2, -0.15) is 9.57 Å². The van der Waals surface area contributed by atoms with E-state index in [0.29, 0.717) is 31.5 Å². The van der Waals surface area contributed by atoms with Crippen molar-refractivity contribution >= 4 is 10.0 Å². The SMILES string of the molecule is CC1(O)CCN(S(=O)(=O)c2cccc(C#N)c2)CC1. The Hall–Kier alpha value is -1.42. The molecule has 2 rings (SSSR count). The van der Waals surface area contributed by atoms with Gasteiger partial charge in [0, 0.05) is 13.1 Å².